The number of rotatable bonds is 7. The number of ketones is 1. The molecule has 0 aliphatic carbocycles. The minimum Gasteiger partial charge on any atom is -0.308 e. The van der Waals surface area contributed by atoms with Crippen LogP contribution in [0.2, 0.25) is 0 Å². The number of carbonyl (C=O) groups excluding carboxylic acids is 1. The predicted octanol–water partition coefficient (Wildman–Crippen LogP) is 2.52. The lowest BCUT2D eigenvalue weighted by Crippen LogP contribution is -2.30. The van der Waals surface area contributed by atoms with Crippen LogP contribution in [-0.2, 0) is 0 Å². The third-order valence-corrected chi connectivity index (χ3v) is 3.34. The molecule has 0 amide bonds. The number of carbonyl (C=O) groups is 1. The van der Waals surface area contributed by atoms with Crippen LogP contribution in [0.5, 0.6) is 0 Å². The average molecular weight is 313 g/mol. The maximum atomic E-state index is 11.9. The van der Waals surface area contributed by atoms with Gasteiger partial charge in [-0.1, -0.05) is 28.1 Å². The summed E-state index contributed by atoms with van der Waals surface area (Å²) in [6, 6.07) is 7.55. The summed E-state index contributed by atoms with van der Waals surface area (Å²) in [7, 11) is 6.17. The predicted molar refractivity (Wildman–Crippen MR) is 79.1 cm³/mol. The van der Waals surface area contributed by atoms with Crippen molar-refractivity contribution in [1.29, 1.82) is 0 Å². The van der Waals surface area contributed by atoms with E-state index in [1.165, 1.54) is 0 Å². The van der Waals surface area contributed by atoms with E-state index in [9.17, 15) is 4.79 Å². The first-order valence-corrected chi connectivity index (χ1v) is 6.90. The molecule has 18 heavy (non-hydrogen) atoms. The van der Waals surface area contributed by atoms with Crippen molar-refractivity contribution >= 4 is 21.7 Å². The molecule has 1 rings (SSSR count). The molecule has 0 atom stereocenters. The van der Waals surface area contributed by atoms with Crippen LogP contribution < -0.4 is 0 Å². The Hall–Kier alpha value is -0.710. The Labute approximate surface area is 118 Å². The molecule has 3 nitrogen and oxygen atoms in total. The van der Waals surface area contributed by atoms with Crippen LogP contribution in [0.4, 0.5) is 0 Å². The van der Waals surface area contributed by atoms with Gasteiger partial charge in [0.25, 0.3) is 0 Å². The van der Waals surface area contributed by atoms with Crippen LogP contribution >= 0.6 is 15.9 Å². The van der Waals surface area contributed by atoms with Crippen LogP contribution in [0.3, 0.4) is 0 Å². The Bertz CT molecular complexity index is 376. The van der Waals surface area contributed by atoms with Gasteiger partial charge in [-0.05, 0) is 33.3 Å². The molecule has 0 N–H and O–H groups in total. The fourth-order valence-electron chi connectivity index (χ4n) is 1.56. The van der Waals surface area contributed by atoms with Gasteiger partial charge in [0.15, 0.2) is 5.78 Å². The molecule has 0 heterocycles. The summed E-state index contributed by atoms with van der Waals surface area (Å²) in [5.41, 5.74) is 0.791. The first-order valence-electron chi connectivity index (χ1n) is 6.11. The van der Waals surface area contributed by atoms with Crippen LogP contribution in [0.15, 0.2) is 28.7 Å². The second-order valence-corrected chi connectivity index (χ2v) is 5.70. The number of hydrogen-bond donors (Lipinski definition) is 0. The lowest BCUT2D eigenvalue weighted by atomic mass is 10.1. The van der Waals surface area contributed by atoms with Gasteiger partial charge in [-0.3, -0.25) is 4.79 Å². The normalized spacial score (nSPS) is 11.2. The van der Waals surface area contributed by atoms with E-state index >= 15 is 0 Å². The molecular weight excluding hydrogens is 292 g/mol. The first-order chi connectivity index (χ1) is 8.49. The van der Waals surface area contributed by atoms with Crippen molar-refractivity contribution < 1.29 is 4.79 Å². The molecule has 1 aromatic carbocycles. The van der Waals surface area contributed by atoms with E-state index < -0.39 is 0 Å². The van der Waals surface area contributed by atoms with Crippen LogP contribution in [-0.4, -0.2) is 56.4 Å². The molecule has 0 radical (unpaired) electrons. The molecule has 0 saturated carbocycles. The highest BCUT2D eigenvalue weighted by atomic mass is 79.9. The standard InChI is InChI=1S/C14H21BrN2O/c1-16(2)10-11-17(3)9-8-14(18)12-4-6-13(15)7-5-12/h4-7H,8-11H2,1-3H3. The summed E-state index contributed by atoms with van der Waals surface area (Å²) >= 11 is 3.37. The zero-order valence-corrected chi connectivity index (χ0v) is 12.9. The molecular formula is C14H21BrN2O. The van der Waals surface area contributed by atoms with E-state index in [-0.39, 0.29) is 5.78 Å². The molecule has 0 aromatic heterocycles. The smallest absolute Gasteiger partial charge is 0.164 e. The molecule has 0 saturated heterocycles. The second-order valence-electron chi connectivity index (χ2n) is 4.79. The van der Waals surface area contributed by atoms with Crippen molar-refractivity contribution in [3.8, 4) is 0 Å². The molecule has 1 aromatic rings. The topological polar surface area (TPSA) is 23.6 Å². The first kappa shape index (κ1) is 15.3. The van der Waals surface area contributed by atoms with Crippen LogP contribution in [0.25, 0.3) is 0 Å². The molecule has 0 fully saturated rings. The van der Waals surface area contributed by atoms with Gasteiger partial charge >= 0.3 is 0 Å². The number of Topliss-reactive ketones (excluding diaryl/α,β-unsaturated/α-hetero) is 1. The number of benzene rings is 1. The van der Waals surface area contributed by atoms with E-state index in [0.717, 1.165) is 29.7 Å². The Morgan fingerprint density at radius 3 is 2.22 bits per heavy atom. The molecule has 4 heteroatoms. The lowest BCUT2D eigenvalue weighted by molar-refractivity contribution is 0.0968. The summed E-state index contributed by atoms with van der Waals surface area (Å²) in [5, 5.41) is 0. The number of halogens is 1. The number of nitrogens with zero attached hydrogens (tertiary/aromatic N) is 2. The Morgan fingerprint density at radius 2 is 1.67 bits per heavy atom. The molecule has 0 bridgehead atoms. The van der Waals surface area contributed by atoms with Crippen LogP contribution in [0, 0.1) is 0 Å². The summed E-state index contributed by atoms with van der Waals surface area (Å²) in [4.78, 5) is 16.3. The van der Waals surface area contributed by atoms with Crippen molar-refractivity contribution in [2.45, 2.75) is 6.42 Å². The molecule has 0 unspecified atom stereocenters. The molecule has 100 valence electrons. The lowest BCUT2D eigenvalue weighted by Gasteiger charge is -2.18. The number of hydrogen-bond acceptors (Lipinski definition) is 3. The highest BCUT2D eigenvalue weighted by Crippen LogP contribution is 2.12. The van der Waals surface area contributed by atoms with Crippen molar-refractivity contribution in [1.82, 2.24) is 9.80 Å². The Morgan fingerprint density at radius 1 is 1.06 bits per heavy atom. The van der Waals surface area contributed by atoms with Gasteiger partial charge in [-0.25, -0.2) is 0 Å². The largest absolute Gasteiger partial charge is 0.308 e. The maximum Gasteiger partial charge on any atom is 0.164 e. The van der Waals surface area contributed by atoms with Gasteiger partial charge in [0.2, 0.25) is 0 Å². The van der Waals surface area contributed by atoms with E-state index in [2.05, 4.69) is 46.9 Å². The molecule has 0 spiro atoms. The van der Waals surface area contributed by atoms with Crippen LogP contribution in [0.1, 0.15) is 16.8 Å². The summed E-state index contributed by atoms with van der Waals surface area (Å²) < 4.78 is 1.00. The third-order valence-electron chi connectivity index (χ3n) is 2.82. The third kappa shape index (κ3) is 5.76. The summed E-state index contributed by atoms with van der Waals surface area (Å²) in [6.45, 7) is 2.81. The monoisotopic (exact) mass is 312 g/mol. The fourth-order valence-corrected chi connectivity index (χ4v) is 1.82. The van der Waals surface area contributed by atoms with Crippen molar-refractivity contribution in [3.05, 3.63) is 34.3 Å². The van der Waals surface area contributed by atoms with Gasteiger partial charge in [-0.2, -0.15) is 0 Å². The van der Waals surface area contributed by atoms with Gasteiger partial charge in [-0.15, -0.1) is 0 Å². The SMILES string of the molecule is CN(C)CCN(C)CCC(=O)c1ccc(Br)cc1. The van der Waals surface area contributed by atoms with Gasteiger partial charge < -0.3 is 9.80 Å². The number of likely N-dealkylation sites (N-methyl/N-ethyl adjacent to an activating group) is 2. The highest BCUT2D eigenvalue weighted by Gasteiger charge is 2.07. The second kappa shape index (κ2) is 7.67. The fraction of sp³-hybridized carbons (Fsp3) is 0.500. The minimum absolute atomic E-state index is 0.208. The zero-order valence-electron chi connectivity index (χ0n) is 11.3. The van der Waals surface area contributed by atoms with Gasteiger partial charge in [0.05, 0.1) is 0 Å². The summed E-state index contributed by atoms with van der Waals surface area (Å²) in [6.07, 6.45) is 0.575. The molecule has 0 aliphatic rings. The molecule has 0 aliphatic heterocycles. The zero-order chi connectivity index (χ0) is 13.5. The summed E-state index contributed by atoms with van der Waals surface area (Å²) in [5.74, 6) is 0.208. The Kier molecular flexibility index (Phi) is 6.54. The Balaban J connectivity index is 2.34. The average Bonchev–Trinajstić information content (AvgIpc) is 2.34. The highest BCUT2D eigenvalue weighted by molar-refractivity contribution is 9.10. The quantitative estimate of drug-likeness (QED) is 0.723. The van der Waals surface area contributed by atoms with Crippen molar-refractivity contribution in [2.24, 2.45) is 0 Å². The van der Waals surface area contributed by atoms with Crippen molar-refractivity contribution in [2.75, 3.05) is 40.8 Å². The van der Waals surface area contributed by atoms with Crippen molar-refractivity contribution in [3.63, 3.8) is 0 Å². The maximum absolute atomic E-state index is 11.9. The van der Waals surface area contributed by atoms with E-state index in [4.69, 9.17) is 0 Å². The van der Waals surface area contributed by atoms with Gasteiger partial charge in [0.1, 0.15) is 0 Å². The minimum atomic E-state index is 0.208. The van der Waals surface area contributed by atoms with E-state index in [0.29, 0.717) is 6.42 Å². The van der Waals surface area contributed by atoms with E-state index in [1.54, 1.807) is 0 Å². The van der Waals surface area contributed by atoms with Gasteiger partial charge in [0, 0.05) is 36.1 Å². The van der Waals surface area contributed by atoms with E-state index in [1.807, 2.05) is 24.3 Å².